The number of likely N-dealkylation sites (N-methyl/N-ethyl adjacent to an activating group) is 1. The van der Waals surface area contributed by atoms with Crippen molar-refractivity contribution in [3.8, 4) is 0 Å². The smallest absolute Gasteiger partial charge is 0.201 e. The number of nitrogens with zero attached hydrogens (tertiary/aromatic N) is 3. The summed E-state index contributed by atoms with van der Waals surface area (Å²) in [6, 6.07) is 6.13. The summed E-state index contributed by atoms with van der Waals surface area (Å²) in [5.41, 5.74) is 8.03. The monoisotopic (exact) mass is 264 g/mol. The van der Waals surface area contributed by atoms with Gasteiger partial charge in [-0.1, -0.05) is 11.6 Å². The predicted molar refractivity (Wildman–Crippen MR) is 74.9 cm³/mol. The molecule has 0 spiro atoms. The molecule has 0 aliphatic carbocycles. The summed E-state index contributed by atoms with van der Waals surface area (Å²) < 4.78 is 2.14. The summed E-state index contributed by atoms with van der Waals surface area (Å²) in [7, 11) is 2.15. The minimum Gasteiger partial charge on any atom is -0.369 e. The highest BCUT2D eigenvalue weighted by molar-refractivity contribution is 6.31. The second kappa shape index (κ2) is 4.44. The van der Waals surface area contributed by atoms with Crippen LogP contribution >= 0.6 is 11.6 Å². The number of halogens is 1. The average Bonchev–Trinajstić information content (AvgIpc) is 2.64. The molecule has 1 fully saturated rings. The molecule has 0 amide bonds. The highest BCUT2D eigenvalue weighted by Gasteiger charge is 2.22. The molecule has 1 aromatic heterocycles. The van der Waals surface area contributed by atoms with Gasteiger partial charge in [-0.25, -0.2) is 4.98 Å². The summed E-state index contributed by atoms with van der Waals surface area (Å²) in [5.74, 6) is 0.590. The Balaban J connectivity index is 2.09. The van der Waals surface area contributed by atoms with E-state index in [-0.39, 0.29) is 0 Å². The SMILES string of the molecule is CN1CCCC(n2c(N)nc3ccc(Cl)cc32)C1. The number of piperidine rings is 1. The summed E-state index contributed by atoms with van der Waals surface area (Å²) in [4.78, 5) is 6.76. The van der Waals surface area contributed by atoms with Crippen LogP contribution in [0.4, 0.5) is 5.95 Å². The van der Waals surface area contributed by atoms with Crippen LogP contribution in [0.25, 0.3) is 11.0 Å². The second-order valence-corrected chi connectivity index (χ2v) is 5.47. The minimum atomic E-state index is 0.396. The Bertz CT molecular complexity index is 578. The van der Waals surface area contributed by atoms with Gasteiger partial charge in [0.2, 0.25) is 5.95 Å². The maximum absolute atomic E-state index is 6.08. The normalized spacial score (nSPS) is 21.6. The molecule has 1 aromatic carbocycles. The number of rotatable bonds is 1. The summed E-state index contributed by atoms with van der Waals surface area (Å²) in [5, 5.41) is 0.729. The molecule has 1 saturated heterocycles. The summed E-state index contributed by atoms with van der Waals surface area (Å²) in [6.07, 6.45) is 2.34. The largest absolute Gasteiger partial charge is 0.369 e. The zero-order valence-corrected chi connectivity index (χ0v) is 11.2. The van der Waals surface area contributed by atoms with Crippen LogP contribution in [0, 0.1) is 0 Å². The lowest BCUT2D eigenvalue weighted by molar-refractivity contribution is 0.216. The van der Waals surface area contributed by atoms with E-state index in [1.54, 1.807) is 0 Å². The minimum absolute atomic E-state index is 0.396. The molecule has 18 heavy (non-hydrogen) atoms. The third-order valence-corrected chi connectivity index (χ3v) is 3.88. The summed E-state index contributed by atoms with van der Waals surface area (Å²) in [6.45, 7) is 2.17. The highest BCUT2D eigenvalue weighted by atomic mass is 35.5. The molecule has 0 radical (unpaired) electrons. The number of likely N-dealkylation sites (tertiary alicyclic amines) is 1. The lowest BCUT2D eigenvalue weighted by Crippen LogP contribution is -2.33. The van der Waals surface area contributed by atoms with Crippen molar-refractivity contribution in [2.45, 2.75) is 18.9 Å². The lowest BCUT2D eigenvalue weighted by Gasteiger charge is -2.31. The lowest BCUT2D eigenvalue weighted by atomic mass is 10.1. The number of benzene rings is 1. The number of fused-ring (bicyclic) bond motifs is 1. The van der Waals surface area contributed by atoms with E-state index in [4.69, 9.17) is 17.3 Å². The first-order chi connectivity index (χ1) is 8.65. The zero-order chi connectivity index (χ0) is 12.7. The van der Waals surface area contributed by atoms with Gasteiger partial charge in [-0.3, -0.25) is 0 Å². The molecule has 2 heterocycles. The predicted octanol–water partition coefficient (Wildman–Crippen LogP) is 2.54. The van der Waals surface area contributed by atoms with Gasteiger partial charge in [0.15, 0.2) is 0 Å². The third-order valence-electron chi connectivity index (χ3n) is 3.64. The Morgan fingerprint density at radius 1 is 1.44 bits per heavy atom. The van der Waals surface area contributed by atoms with Gasteiger partial charge >= 0.3 is 0 Å². The van der Waals surface area contributed by atoms with E-state index in [0.717, 1.165) is 35.6 Å². The molecule has 1 aliphatic heterocycles. The van der Waals surface area contributed by atoms with Crippen LogP contribution in [-0.2, 0) is 0 Å². The molecule has 1 atom stereocenters. The van der Waals surface area contributed by atoms with Gasteiger partial charge in [-0.2, -0.15) is 0 Å². The number of hydrogen-bond donors (Lipinski definition) is 1. The molecule has 2 N–H and O–H groups in total. The van der Waals surface area contributed by atoms with Crippen LogP contribution < -0.4 is 5.73 Å². The molecule has 4 nitrogen and oxygen atoms in total. The standard InChI is InChI=1S/C13H17ClN4/c1-17-6-2-3-10(8-17)18-12-7-9(14)4-5-11(12)16-13(18)15/h4-5,7,10H,2-3,6,8H2,1H3,(H2,15,16). The van der Waals surface area contributed by atoms with Crippen molar-refractivity contribution in [1.29, 1.82) is 0 Å². The van der Waals surface area contributed by atoms with Gasteiger partial charge in [0.1, 0.15) is 0 Å². The average molecular weight is 265 g/mol. The van der Waals surface area contributed by atoms with Crippen LogP contribution in [0.2, 0.25) is 5.02 Å². The van der Waals surface area contributed by atoms with Crippen LogP contribution in [0.15, 0.2) is 18.2 Å². The molecule has 0 bridgehead atoms. The van der Waals surface area contributed by atoms with Crippen molar-refractivity contribution < 1.29 is 0 Å². The van der Waals surface area contributed by atoms with Crippen molar-refractivity contribution in [2.24, 2.45) is 0 Å². The van der Waals surface area contributed by atoms with Crippen LogP contribution in [0.1, 0.15) is 18.9 Å². The van der Waals surface area contributed by atoms with Crippen LogP contribution in [-0.4, -0.2) is 34.6 Å². The van der Waals surface area contributed by atoms with E-state index in [0.29, 0.717) is 12.0 Å². The maximum Gasteiger partial charge on any atom is 0.201 e. The number of nitrogen functional groups attached to an aromatic ring is 1. The fourth-order valence-corrected chi connectivity index (χ4v) is 2.98. The molecular formula is C13H17ClN4. The third kappa shape index (κ3) is 1.95. The Hall–Kier alpha value is -1.26. The quantitative estimate of drug-likeness (QED) is 0.861. The molecule has 1 aliphatic rings. The second-order valence-electron chi connectivity index (χ2n) is 5.03. The number of hydrogen-bond acceptors (Lipinski definition) is 3. The Labute approximate surface area is 111 Å². The van der Waals surface area contributed by atoms with E-state index < -0.39 is 0 Å². The van der Waals surface area contributed by atoms with Gasteiger partial charge < -0.3 is 15.2 Å². The van der Waals surface area contributed by atoms with Gasteiger partial charge in [0.25, 0.3) is 0 Å². The molecule has 2 aromatic rings. The van der Waals surface area contributed by atoms with E-state index >= 15 is 0 Å². The first-order valence-corrected chi connectivity index (χ1v) is 6.64. The molecule has 5 heteroatoms. The zero-order valence-electron chi connectivity index (χ0n) is 10.4. The van der Waals surface area contributed by atoms with Gasteiger partial charge in [0.05, 0.1) is 11.0 Å². The van der Waals surface area contributed by atoms with Crippen molar-refractivity contribution in [3.63, 3.8) is 0 Å². The van der Waals surface area contributed by atoms with E-state index in [9.17, 15) is 0 Å². The van der Waals surface area contributed by atoms with Crippen LogP contribution in [0.5, 0.6) is 0 Å². The van der Waals surface area contributed by atoms with Crippen molar-refractivity contribution in [3.05, 3.63) is 23.2 Å². The summed E-state index contributed by atoms with van der Waals surface area (Å²) >= 11 is 6.08. The Morgan fingerprint density at radius 3 is 3.06 bits per heavy atom. The Kier molecular flexibility index (Phi) is 2.92. The highest BCUT2D eigenvalue weighted by Crippen LogP contribution is 2.29. The fraction of sp³-hybridized carbons (Fsp3) is 0.462. The molecular weight excluding hydrogens is 248 g/mol. The topological polar surface area (TPSA) is 47.1 Å². The number of anilines is 1. The van der Waals surface area contributed by atoms with Gasteiger partial charge in [0, 0.05) is 17.6 Å². The maximum atomic E-state index is 6.08. The van der Waals surface area contributed by atoms with E-state index in [1.807, 2.05) is 18.2 Å². The number of nitrogens with two attached hydrogens (primary N) is 1. The first kappa shape index (κ1) is 11.8. The molecule has 1 unspecified atom stereocenters. The molecule has 3 rings (SSSR count). The molecule has 96 valence electrons. The van der Waals surface area contributed by atoms with Crippen molar-refractivity contribution in [1.82, 2.24) is 14.5 Å². The van der Waals surface area contributed by atoms with Crippen molar-refractivity contribution in [2.75, 3.05) is 25.9 Å². The van der Waals surface area contributed by atoms with E-state index in [1.165, 1.54) is 6.42 Å². The van der Waals surface area contributed by atoms with Crippen LogP contribution in [0.3, 0.4) is 0 Å². The Morgan fingerprint density at radius 2 is 2.28 bits per heavy atom. The fourth-order valence-electron chi connectivity index (χ4n) is 2.82. The first-order valence-electron chi connectivity index (χ1n) is 6.26. The van der Waals surface area contributed by atoms with Gasteiger partial charge in [-0.15, -0.1) is 0 Å². The van der Waals surface area contributed by atoms with Gasteiger partial charge in [-0.05, 0) is 44.6 Å². The number of imidazole rings is 1. The van der Waals surface area contributed by atoms with Crippen molar-refractivity contribution >= 4 is 28.6 Å². The number of aromatic nitrogens is 2. The van der Waals surface area contributed by atoms with E-state index in [2.05, 4.69) is 21.5 Å². The molecule has 0 saturated carbocycles.